The minimum atomic E-state index is -3.42. The second-order valence-corrected chi connectivity index (χ2v) is 8.39. The van der Waals surface area contributed by atoms with Crippen LogP contribution in [0.15, 0.2) is 35.5 Å². The zero-order valence-corrected chi connectivity index (χ0v) is 14.8. The summed E-state index contributed by atoms with van der Waals surface area (Å²) in [7, 11) is -3.42. The van der Waals surface area contributed by atoms with Gasteiger partial charge in [0.2, 0.25) is 10.0 Å². The number of rotatable bonds is 4. The Morgan fingerprint density at radius 2 is 1.88 bits per heavy atom. The van der Waals surface area contributed by atoms with E-state index in [1.165, 1.54) is 10.00 Å². The highest BCUT2D eigenvalue weighted by Crippen LogP contribution is 2.20. The number of morpholine rings is 1. The average molecular weight is 362 g/mol. The molecule has 134 valence electrons. The summed E-state index contributed by atoms with van der Waals surface area (Å²) in [5.41, 5.74) is 3.45. The van der Waals surface area contributed by atoms with Crippen LogP contribution in [0.5, 0.6) is 0 Å². The van der Waals surface area contributed by atoms with Gasteiger partial charge >= 0.3 is 0 Å². The molecule has 0 aliphatic carbocycles. The molecule has 2 aliphatic rings. The summed E-state index contributed by atoms with van der Waals surface area (Å²) in [5.74, 6) is 0. The summed E-state index contributed by atoms with van der Waals surface area (Å²) in [4.78, 5) is 10.2. The van der Waals surface area contributed by atoms with Crippen molar-refractivity contribution < 1.29 is 13.2 Å². The molecule has 0 radical (unpaired) electrons. The zero-order valence-electron chi connectivity index (χ0n) is 14.0. The van der Waals surface area contributed by atoms with Gasteiger partial charge in [-0.1, -0.05) is 12.1 Å². The predicted molar refractivity (Wildman–Crippen MR) is 92.4 cm³/mol. The van der Waals surface area contributed by atoms with Gasteiger partial charge in [-0.25, -0.2) is 13.4 Å². The Kier molecular flexibility index (Phi) is 4.60. The van der Waals surface area contributed by atoms with Crippen LogP contribution in [0.2, 0.25) is 0 Å². The smallest absolute Gasteiger partial charge is 0.243 e. The molecular weight excluding hydrogens is 340 g/mol. The van der Waals surface area contributed by atoms with Crippen LogP contribution >= 0.6 is 0 Å². The molecule has 25 heavy (non-hydrogen) atoms. The van der Waals surface area contributed by atoms with Gasteiger partial charge < -0.3 is 9.72 Å². The van der Waals surface area contributed by atoms with E-state index < -0.39 is 10.0 Å². The van der Waals surface area contributed by atoms with Crippen molar-refractivity contribution in [2.24, 2.45) is 0 Å². The standard InChI is InChI=1S/C17H22N4O3S/c22-25(23,21-7-9-24-10-8-21)15-3-1-14(2-4-15)11-20-6-5-16-17(12-20)19-13-18-16/h1-4,13H,5-12H2,(H,18,19). The largest absolute Gasteiger partial charge is 0.379 e. The van der Waals surface area contributed by atoms with Gasteiger partial charge in [0, 0.05) is 39.1 Å². The van der Waals surface area contributed by atoms with Crippen molar-refractivity contribution in [1.29, 1.82) is 0 Å². The van der Waals surface area contributed by atoms with Gasteiger partial charge in [-0.15, -0.1) is 0 Å². The van der Waals surface area contributed by atoms with E-state index in [1.54, 1.807) is 18.5 Å². The van der Waals surface area contributed by atoms with E-state index in [-0.39, 0.29) is 0 Å². The first-order valence-electron chi connectivity index (χ1n) is 8.53. The Balaban J connectivity index is 1.43. The van der Waals surface area contributed by atoms with Crippen LogP contribution in [0.25, 0.3) is 0 Å². The van der Waals surface area contributed by atoms with E-state index in [2.05, 4.69) is 14.9 Å². The first-order valence-corrected chi connectivity index (χ1v) is 9.97. The summed E-state index contributed by atoms with van der Waals surface area (Å²) in [6.45, 7) is 4.38. The first kappa shape index (κ1) is 16.7. The third kappa shape index (κ3) is 3.48. The maximum absolute atomic E-state index is 12.6. The average Bonchev–Trinajstić information content (AvgIpc) is 3.11. The molecule has 0 saturated carbocycles. The lowest BCUT2D eigenvalue weighted by atomic mass is 10.1. The third-order valence-corrected chi connectivity index (χ3v) is 6.70. The lowest BCUT2D eigenvalue weighted by Crippen LogP contribution is -2.40. The van der Waals surface area contributed by atoms with Gasteiger partial charge in [0.1, 0.15) is 0 Å². The molecule has 0 amide bonds. The summed E-state index contributed by atoms with van der Waals surface area (Å²) in [6.07, 6.45) is 2.70. The monoisotopic (exact) mass is 362 g/mol. The number of benzene rings is 1. The van der Waals surface area contributed by atoms with Crippen LogP contribution in [0, 0.1) is 0 Å². The van der Waals surface area contributed by atoms with Gasteiger partial charge in [0.15, 0.2) is 0 Å². The lowest BCUT2D eigenvalue weighted by Gasteiger charge is -2.27. The van der Waals surface area contributed by atoms with E-state index in [1.807, 2.05) is 12.1 Å². The number of aromatic amines is 1. The number of hydrogen-bond acceptors (Lipinski definition) is 5. The quantitative estimate of drug-likeness (QED) is 0.878. The fourth-order valence-electron chi connectivity index (χ4n) is 3.36. The van der Waals surface area contributed by atoms with Crippen molar-refractivity contribution in [2.45, 2.75) is 24.4 Å². The molecule has 0 unspecified atom stereocenters. The number of nitrogens with one attached hydrogen (secondary N) is 1. The van der Waals surface area contributed by atoms with E-state index in [0.717, 1.165) is 37.3 Å². The van der Waals surface area contributed by atoms with Crippen LogP contribution in [0.1, 0.15) is 17.0 Å². The number of nitrogens with zero attached hydrogens (tertiary/aromatic N) is 3. The Bertz CT molecular complexity index is 826. The van der Waals surface area contributed by atoms with Crippen molar-refractivity contribution >= 4 is 10.0 Å². The normalized spacial score (nSPS) is 19.7. The van der Waals surface area contributed by atoms with E-state index >= 15 is 0 Å². The van der Waals surface area contributed by atoms with Crippen molar-refractivity contribution in [2.75, 3.05) is 32.8 Å². The molecule has 0 atom stereocenters. The number of imidazole rings is 1. The second-order valence-electron chi connectivity index (χ2n) is 6.45. The molecule has 2 aromatic rings. The number of fused-ring (bicyclic) bond motifs is 1. The Hall–Kier alpha value is -1.74. The van der Waals surface area contributed by atoms with Crippen molar-refractivity contribution in [3.05, 3.63) is 47.5 Å². The minimum Gasteiger partial charge on any atom is -0.379 e. The highest BCUT2D eigenvalue weighted by molar-refractivity contribution is 7.89. The summed E-state index contributed by atoms with van der Waals surface area (Å²) < 4.78 is 32.0. The highest BCUT2D eigenvalue weighted by atomic mass is 32.2. The van der Waals surface area contributed by atoms with Gasteiger partial charge in [-0.3, -0.25) is 4.90 Å². The Labute approximate surface area is 147 Å². The number of ether oxygens (including phenoxy) is 1. The molecule has 4 rings (SSSR count). The van der Waals surface area contributed by atoms with Gasteiger partial charge in [-0.2, -0.15) is 4.31 Å². The molecule has 1 aromatic heterocycles. The van der Waals surface area contributed by atoms with Crippen LogP contribution in [-0.2, 0) is 34.3 Å². The summed E-state index contributed by atoms with van der Waals surface area (Å²) in [6, 6.07) is 7.25. The molecule has 1 aromatic carbocycles. The maximum atomic E-state index is 12.6. The summed E-state index contributed by atoms with van der Waals surface area (Å²) in [5, 5.41) is 0. The third-order valence-electron chi connectivity index (χ3n) is 4.79. The first-order chi connectivity index (χ1) is 12.1. The van der Waals surface area contributed by atoms with Gasteiger partial charge in [0.25, 0.3) is 0 Å². The highest BCUT2D eigenvalue weighted by Gasteiger charge is 2.26. The van der Waals surface area contributed by atoms with Crippen molar-refractivity contribution in [3.8, 4) is 0 Å². The molecule has 8 heteroatoms. The Morgan fingerprint density at radius 3 is 2.64 bits per heavy atom. The number of H-pyrrole nitrogens is 1. The van der Waals surface area contributed by atoms with E-state index in [9.17, 15) is 8.42 Å². The Morgan fingerprint density at radius 1 is 1.12 bits per heavy atom. The van der Waals surface area contributed by atoms with Gasteiger partial charge in [-0.05, 0) is 17.7 Å². The molecule has 2 aliphatic heterocycles. The molecule has 7 nitrogen and oxygen atoms in total. The summed E-state index contributed by atoms with van der Waals surface area (Å²) >= 11 is 0. The lowest BCUT2D eigenvalue weighted by molar-refractivity contribution is 0.0730. The van der Waals surface area contributed by atoms with Crippen LogP contribution in [-0.4, -0.2) is 60.4 Å². The number of sulfonamides is 1. The molecule has 3 heterocycles. The molecular formula is C17H22N4O3S. The second kappa shape index (κ2) is 6.87. The molecule has 1 saturated heterocycles. The fourth-order valence-corrected chi connectivity index (χ4v) is 4.77. The van der Waals surface area contributed by atoms with Crippen LogP contribution < -0.4 is 0 Å². The molecule has 1 N–H and O–H groups in total. The SMILES string of the molecule is O=S(=O)(c1ccc(CN2CCc3nc[nH]c3C2)cc1)N1CCOCC1. The maximum Gasteiger partial charge on any atom is 0.243 e. The van der Waals surface area contributed by atoms with Crippen molar-refractivity contribution in [1.82, 2.24) is 19.2 Å². The topological polar surface area (TPSA) is 78.5 Å². The molecule has 0 bridgehead atoms. The van der Waals surface area contributed by atoms with E-state index in [0.29, 0.717) is 31.2 Å². The van der Waals surface area contributed by atoms with Crippen LogP contribution in [0.3, 0.4) is 0 Å². The molecule has 1 fully saturated rings. The predicted octanol–water partition coefficient (Wildman–Crippen LogP) is 0.989. The zero-order chi connectivity index (χ0) is 17.3. The van der Waals surface area contributed by atoms with E-state index in [4.69, 9.17) is 4.74 Å². The van der Waals surface area contributed by atoms with Crippen molar-refractivity contribution in [3.63, 3.8) is 0 Å². The van der Waals surface area contributed by atoms with Crippen LogP contribution in [0.4, 0.5) is 0 Å². The minimum absolute atomic E-state index is 0.354. The molecule has 0 spiro atoms. The van der Waals surface area contributed by atoms with Gasteiger partial charge in [0.05, 0.1) is 35.8 Å². The number of aromatic nitrogens is 2. The fraction of sp³-hybridized carbons (Fsp3) is 0.471. The number of hydrogen-bond donors (Lipinski definition) is 1.